The molecule has 2 amide bonds. The predicted molar refractivity (Wildman–Crippen MR) is 101 cm³/mol. The zero-order chi connectivity index (χ0) is 18.1. The van der Waals surface area contributed by atoms with Crippen LogP contribution >= 0.6 is 0 Å². The Morgan fingerprint density at radius 2 is 1.56 bits per heavy atom. The van der Waals surface area contributed by atoms with Gasteiger partial charge in [-0.15, -0.1) is 0 Å². The highest BCUT2D eigenvalue weighted by molar-refractivity contribution is 5.97. The van der Waals surface area contributed by atoms with E-state index in [2.05, 4.69) is 24.5 Å². The molecule has 0 saturated carbocycles. The molecule has 0 saturated heterocycles. The van der Waals surface area contributed by atoms with Crippen molar-refractivity contribution in [3.8, 4) is 0 Å². The summed E-state index contributed by atoms with van der Waals surface area (Å²) in [5.41, 5.74) is 1.48. The number of anilines is 1. The van der Waals surface area contributed by atoms with Crippen LogP contribution in [0.1, 0.15) is 44.7 Å². The van der Waals surface area contributed by atoms with Crippen molar-refractivity contribution in [2.24, 2.45) is 5.92 Å². The Labute approximate surface area is 149 Å². The molecule has 4 nitrogen and oxygen atoms in total. The summed E-state index contributed by atoms with van der Waals surface area (Å²) in [6, 6.07) is 17.9. The van der Waals surface area contributed by atoms with Gasteiger partial charge in [0, 0.05) is 12.1 Å². The van der Waals surface area contributed by atoms with E-state index in [1.165, 1.54) is 0 Å². The molecule has 2 N–H and O–H groups in total. The van der Waals surface area contributed by atoms with Crippen LogP contribution in [0.15, 0.2) is 60.7 Å². The first-order valence-corrected chi connectivity index (χ1v) is 8.80. The molecule has 0 radical (unpaired) electrons. The molecule has 0 bridgehead atoms. The van der Waals surface area contributed by atoms with E-state index in [-0.39, 0.29) is 11.8 Å². The molecule has 2 aromatic carbocycles. The molecule has 0 aromatic heterocycles. The molecule has 0 spiro atoms. The van der Waals surface area contributed by atoms with Gasteiger partial charge in [-0.1, -0.05) is 75.2 Å². The van der Waals surface area contributed by atoms with Gasteiger partial charge >= 0.3 is 0 Å². The van der Waals surface area contributed by atoms with Crippen LogP contribution in [0.3, 0.4) is 0 Å². The van der Waals surface area contributed by atoms with Crippen LogP contribution in [0.25, 0.3) is 0 Å². The molecule has 132 valence electrons. The lowest BCUT2D eigenvalue weighted by atomic mass is 10.0. The van der Waals surface area contributed by atoms with Crippen LogP contribution in [-0.4, -0.2) is 11.8 Å². The molecule has 0 aliphatic rings. The second kappa shape index (κ2) is 9.62. The zero-order valence-corrected chi connectivity index (χ0v) is 14.9. The summed E-state index contributed by atoms with van der Waals surface area (Å²) in [7, 11) is 0. The molecule has 4 heteroatoms. The molecule has 25 heavy (non-hydrogen) atoms. The van der Waals surface area contributed by atoms with Gasteiger partial charge in [-0.2, -0.15) is 0 Å². The Balaban J connectivity index is 2.10. The number of rotatable bonds is 8. The average Bonchev–Trinajstić information content (AvgIpc) is 2.61. The normalized spacial score (nSPS) is 12.9. The van der Waals surface area contributed by atoms with Crippen LogP contribution < -0.4 is 10.6 Å². The molecular weight excluding hydrogens is 312 g/mol. The topological polar surface area (TPSA) is 58.2 Å². The van der Waals surface area contributed by atoms with Gasteiger partial charge in [0.1, 0.15) is 6.04 Å². The molecule has 0 fully saturated rings. The Bertz CT molecular complexity index is 671. The Hall–Kier alpha value is -2.62. The fourth-order valence-electron chi connectivity index (χ4n) is 2.81. The minimum absolute atomic E-state index is 0.0991. The second-order valence-electron chi connectivity index (χ2n) is 6.36. The van der Waals surface area contributed by atoms with Gasteiger partial charge in [0.25, 0.3) is 5.91 Å². The first kappa shape index (κ1) is 18.7. The van der Waals surface area contributed by atoms with Crippen molar-refractivity contribution in [3.63, 3.8) is 0 Å². The lowest BCUT2D eigenvalue weighted by molar-refractivity contribution is -0.127. The fraction of sp³-hybridized carbons (Fsp3) is 0.333. The molecule has 2 atom stereocenters. The van der Waals surface area contributed by atoms with E-state index < -0.39 is 6.04 Å². The molecule has 2 unspecified atom stereocenters. The number of hydrogen-bond donors (Lipinski definition) is 2. The van der Waals surface area contributed by atoms with E-state index in [9.17, 15) is 9.59 Å². The van der Waals surface area contributed by atoms with Crippen LogP contribution in [0.4, 0.5) is 5.69 Å². The summed E-state index contributed by atoms with van der Waals surface area (Å²) in [5.74, 6) is -0.0366. The summed E-state index contributed by atoms with van der Waals surface area (Å²) in [6.45, 7) is 4.17. The van der Waals surface area contributed by atoms with Crippen molar-refractivity contribution in [1.82, 2.24) is 5.32 Å². The predicted octanol–water partition coefficient (Wildman–Crippen LogP) is 4.31. The van der Waals surface area contributed by atoms with Crippen LogP contribution in [0.2, 0.25) is 0 Å². The van der Waals surface area contributed by atoms with Gasteiger partial charge in [-0.25, -0.2) is 0 Å². The molecular formula is C21H26N2O2. The van der Waals surface area contributed by atoms with Crippen molar-refractivity contribution in [2.45, 2.75) is 39.2 Å². The maximum atomic E-state index is 12.7. The smallest absolute Gasteiger partial charge is 0.251 e. The first-order chi connectivity index (χ1) is 12.1. The summed E-state index contributed by atoms with van der Waals surface area (Å²) in [5, 5.41) is 5.76. The third-order valence-electron chi connectivity index (χ3n) is 4.06. The maximum absolute atomic E-state index is 12.7. The van der Waals surface area contributed by atoms with Crippen molar-refractivity contribution in [3.05, 3.63) is 66.2 Å². The van der Waals surface area contributed by atoms with Crippen molar-refractivity contribution in [2.75, 3.05) is 5.32 Å². The average molecular weight is 338 g/mol. The van der Waals surface area contributed by atoms with Crippen LogP contribution in [0.5, 0.6) is 0 Å². The quantitative estimate of drug-likeness (QED) is 0.753. The van der Waals surface area contributed by atoms with E-state index in [1.807, 2.05) is 60.7 Å². The molecule has 0 heterocycles. The fourth-order valence-corrected chi connectivity index (χ4v) is 2.81. The Morgan fingerprint density at radius 1 is 0.960 bits per heavy atom. The van der Waals surface area contributed by atoms with Gasteiger partial charge in [-0.3, -0.25) is 9.59 Å². The molecule has 0 aliphatic heterocycles. The number of para-hydroxylation sites is 1. The van der Waals surface area contributed by atoms with E-state index >= 15 is 0 Å². The van der Waals surface area contributed by atoms with Crippen LogP contribution in [-0.2, 0) is 9.59 Å². The van der Waals surface area contributed by atoms with Crippen LogP contribution in [0, 0.1) is 5.92 Å². The summed E-state index contributed by atoms with van der Waals surface area (Å²) < 4.78 is 0. The molecule has 0 aliphatic carbocycles. The lowest BCUT2D eigenvalue weighted by Crippen LogP contribution is -2.37. The Morgan fingerprint density at radius 3 is 2.16 bits per heavy atom. The highest BCUT2D eigenvalue weighted by atomic mass is 16.2. The number of carbonyl (C=O) groups is 2. The van der Waals surface area contributed by atoms with Gasteiger partial charge in [0.05, 0.1) is 0 Å². The Kier molecular flexibility index (Phi) is 7.20. The van der Waals surface area contributed by atoms with Gasteiger partial charge in [0.15, 0.2) is 0 Å². The largest absolute Gasteiger partial charge is 0.341 e. The van der Waals surface area contributed by atoms with E-state index in [4.69, 9.17) is 0 Å². The summed E-state index contributed by atoms with van der Waals surface area (Å²) in [6.07, 6.45) is 2.47. The third kappa shape index (κ3) is 6.07. The standard InChI is InChI=1S/C21H26N2O2/c1-3-10-16(2)15-19(24)23-20(17-11-6-4-7-12-17)21(25)22-18-13-8-5-9-14-18/h4-9,11-14,16,20H,3,10,15H2,1-2H3,(H,22,25)(H,23,24). The summed E-state index contributed by atoms with van der Waals surface area (Å²) in [4.78, 5) is 25.1. The lowest BCUT2D eigenvalue weighted by Gasteiger charge is -2.20. The molecule has 2 rings (SSSR count). The number of amides is 2. The van der Waals surface area contributed by atoms with E-state index in [1.54, 1.807) is 0 Å². The minimum atomic E-state index is -0.706. The SMILES string of the molecule is CCCC(C)CC(=O)NC(C(=O)Nc1ccccc1)c1ccccc1. The zero-order valence-electron chi connectivity index (χ0n) is 14.9. The monoisotopic (exact) mass is 338 g/mol. The highest BCUT2D eigenvalue weighted by Crippen LogP contribution is 2.17. The first-order valence-electron chi connectivity index (χ1n) is 8.80. The number of nitrogens with one attached hydrogen (secondary N) is 2. The third-order valence-corrected chi connectivity index (χ3v) is 4.06. The number of hydrogen-bond acceptors (Lipinski definition) is 2. The van der Waals surface area contributed by atoms with Gasteiger partial charge in [0.2, 0.25) is 5.91 Å². The maximum Gasteiger partial charge on any atom is 0.251 e. The van der Waals surface area contributed by atoms with E-state index in [0.29, 0.717) is 18.0 Å². The number of carbonyl (C=O) groups excluding carboxylic acids is 2. The number of benzene rings is 2. The minimum Gasteiger partial charge on any atom is -0.341 e. The van der Waals surface area contributed by atoms with E-state index in [0.717, 1.165) is 18.4 Å². The van der Waals surface area contributed by atoms with Gasteiger partial charge < -0.3 is 10.6 Å². The summed E-state index contributed by atoms with van der Waals surface area (Å²) >= 11 is 0. The molecule has 2 aromatic rings. The highest BCUT2D eigenvalue weighted by Gasteiger charge is 2.23. The van der Waals surface area contributed by atoms with Crippen molar-refractivity contribution < 1.29 is 9.59 Å². The van der Waals surface area contributed by atoms with Gasteiger partial charge in [-0.05, 0) is 23.6 Å². The second-order valence-corrected chi connectivity index (χ2v) is 6.36. The van der Waals surface area contributed by atoms with Crippen molar-refractivity contribution >= 4 is 17.5 Å². The van der Waals surface area contributed by atoms with Crippen molar-refractivity contribution in [1.29, 1.82) is 0 Å².